The normalized spacial score (nSPS) is 15.1. The third-order valence-corrected chi connectivity index (χ3v) is 4.53. The van der Waals surface area contributed by atoms with Crippen LogP contribution in [0.5, 0.6) is 0 Å². The number of amides is 1. The summed E-state index contributed by atoms with van der Waals surface area (Å²) in [6, 6.07) is 8.06. The van der Waals surface area contributed by atoms with Gasteiger partial charge in [0.2, 0.25) is 15.9 Å². The SMILES string of the molecule is O=C(CNS(=O)(=O)c1ccccc1)N(CCO)C1CC1. The van der Waals surface area contributed by atoms with E-state index >= 15 is 0 Å². The number of rotatable bonds is 7. The quantitative estimate of drug-likeness (QED) is 0.739. The molecule has 1 amide bonds. The highest BCUT2D eigenvalue weighted by Gasteiger charge is 2.32. The van der Waals surface area contributed by atoms with Crippen molar-refractivity contribution in [2.75, 3.05) is 19.7 Å². The van der Waals surface area contributed by atoms with Crippen LogP contribution in [0, 0.1) is 0 Å². The first-order valence-corrected chi connectivity index (χ1v) is 7.98. The van der Waals surface area contributed by atoms with E-state index < -0.39 is 10.0 Å². The topological polar surface area (TPSA) is 86.7 Å². The second-order valence-corrected chi connectivity index (χ2v) is 6.45. The van der Waals surface area contributed by atoms with Crippen LogP contribution in [-0.2, 0) is 14.8 Å². The molecule has 0 saturated heterocycles. The fourth-order valence-electron chi connectivity index (χ4n) is 1.95. The molecule has 7 heteroatoms. The summed E-state index contributed by atoms with van der Waals surface area (Å²) in [7, 11) is -3.67. The van der Waals surface area contributed by atoms with Crippen LogP contribution in [0.4, 0.5) is 0 Å². The first kappa shape index (κ1) is 15.0. The Hall–Kier alpha value is -1.44. The van der Waals surface area contributed by atoms with E-state index in [1.165, 1.54) is 17.0 Å². The van der Waals surface area contributed by atoms with E-state index in [1.54, 1.807) is 18.2 Å². The van der Waals surface area contributed by atoms with Crippen LogP contribution in [-0.4, -0.2) is 50.1 Å². The van der Waals surface area contributed by atoms with Gasteiger partial charge in [-0.3, -0.25) is 4.79 Å². The van der Waals surface area contributed by atoms with Crippen molar-refractivity contribution in [1.29, 1.82) is 0 Å². The molecule has 110 valence electrons. The maximum absolute atomic E-state index is 12.0. The molecule has 0 heterocycles. The zero-order chi connectivity index (χ0) is 14.6. The molecule has 1 aromatic carbocycles. The summed E-state index contributed by atoms with van der Waals surface area (Å²) in [5.41, 5.74) is 0. The summed E-state index contributed by atoms with van der Waals surface area (Å²) in [4.78, 5) is 13.6. The van der Waals surface area contributed by atoms with Gasteiger partial charge in [0.15, 0.2) is 0 Å². The molecule has 1 aliphatic carbocycles. The number of carbonyl (C=O) groups is 1. The number of aliphatic hydroxyl groups excluding tert-OH is 1. The first-order chi connectivity index (χ1) is 9.54. The molecule has 2 rings (SSSR count). The lowest BCUT2D eigenvalue weighted by Crippen LogP contribution is -2.42. The van der Waals surface area contributed by atoms with Crippen molar-refractivity contribution < 1.29 is 18.3 Å². The van der Waals surface area contributed by atoms with Crippen molar-refractivity contribution >= 4 is 15.9 Å². The van der Waals surface area contributed by atoms with E-state index in [9.17, 15) is 13.2 Å². The second-order valence-electron chi connectivity index (χ2n) is 4.68. The van der Waals surface area contributed by atoms with Gasteiger partial charge in [-0.1, -0.05) is 18.2 Å². The maximum Gasteiger partial charge on any atom is 0.241 e. The lowest BCUT2D eigenvalue weighted by molar-refractivity contribution is -0.131. The molecule has 0 aliphatic heterocycles. The number of nitrogens with zero attached hydrogens (tertiary/aromatic N) is 1. The molecule has 0 spiro atoms. The molecule has 6 nitrogen and oxygen atoms in total. The Morgan fingerprint density at radius 2 is 1.95 bits per heavy atom. The van der Waals surface area contributed by atoms with E-state index in [0.29, 0.717) is 0 Å². The van der Waals surface area contributed by atoms with Gasteiger partial charge in [0.25, 0.3) is 0 Å². The van der Waals surface area contributed by atoms with Gasteiger partial charge in [0, 0.05) is 12.6 Å². The number of aliphatic hydroxyl groups is 1. The minimum absolute atomic E-state index is 0.117. The van der Waals surface area contributed by atoms with E-state index in [4.69, 9.17) is 5.11 Å². The van der Waals surface area contributed by atoms with Gasteiger partial charge in [-0.25, -0.2) is 13.1 Å². The molecule has 0 atom stereocenters. The Balaban J connectivity index is 1.95. The molecule has 0 aromatic heterocycles. The van der Waals surface area contributed by atoms with Crippen LogP contribution < -0.4 is 4.72 Å². The first-order valence-electron chi connectivity index (χ1n) is 6.49. The molecular formula is C13H18N2O4S. The van der Waals surface area contributed by atoms with E-state index in [2.05, 4.69) is 4.72 Å². The summed E-state index contributed by atoms with van der Waals surface area (Å²) in [6.45, 7) is -0.155. The zero-order valence-corrected chi connectivity index (χ0v) is 11.8. The van der Waals surface area contributed by atoms with Crippen LogP contribution in [0.3, 0.4) is 0 Å². The zero-order valence-electron chi connectivity index (χ0n) is 11.0. The summed E-state index contributed by atoms with van der Waals surface area (Å²) in [5, 5.41) is 8.94. The molecule has 1 saturated carbocycles. The number of benzene rings is 1. The number of hydrogen-bond donors (Lipinski definition) is 2. The van der Waals surface area contributed by atoms with Crippen molar-refractivity contribution in [2.24, 2.45) is 0 Å². The highest BCUT2D eigenvalue weighted by molar-refractivity contribution is 7.89. The number of carbonyl (C=O) groups excluding carboxylic acids is 1. The molecule has 1 fully saturated rings. The molecular weight excluding hydrogens is 280 g/mol. The summed E-state index contributed by atoms with van der Waals surface area (Å²) in [6.07, 6.45) is 1.83. The molecule has 0 unspecified atom stereocenters. The van der Waals surface area contributed by atoms with Crippen molar-refractivity contribution in [3.63, 3.8) is 0 Å². The highest BCUT2D eigenvalue weighted by Crippen LogP contribution is 2.26. The summed E-state index contributed by atoms with van der Waals surface area (Å²) < 4.78 is 26.2. The summed E-state index contributed by atoms with van der Waals surface area (Å²) >= 11 is 0. The number of sulfonamides is 1. The Morgan fingerprint density at radius 1 is 1.30 bits per heavy atom. The summed E-state index contributed by atoms with van der Waals surface area (Å²) in [5.74, 6) is -0.305. The monoisotopic (exact) mass is 298 g/mol. The van der Waals surface area contributed by atoms with Crippen molar-refractivity contribution in [3.8, 4) is 0 Å². The lowest BCUT2D eigenvalue weighted by Gasteiger charge is -2.21. The largest absolute Gasteiger partial charge is 0.395 e. The van der Waals surface area contributed by atoms with Crippen LogP contribution >= 0.6 is 0 Å². The second kappa shape index (κ2) is 6.34. The Morgan fingerprint density at radius 3 is 2.50 bits per heavy atom. The minimum Gasteiger partial charge on any atom is -0.395 e. The van der Waals surface area contributed by atoms with Gasteiger partial charge in [-0.15, -0.1) is 0 Å². The predicted octanol–water partition coefficient (Wildman–Crippen LogP) is -0.0518. The molecule has 20 heavy (non-hydrogen) atoms. The van der Waals surface area contributed by atoms with Crippen LogP contribution in [0.25, 0.3) is 0 Å². The minimum atomic E-state index is -3.67. The van der Waals surface area contributed by atoms with E-state index in [0.717, 1.165) is 12.8 Å². The van der Waals surface area contributed by atoms with Gasteiger partial charge in [-0.2, -0.15) is 0 Å². The molecule has 0 bridgehead atoms. The van der Waals surface area contributed by atoms with Gasteiger partial charge >= 0.3 is 0 Å². The van der Waals surface area contributed by atoms with Crippen molar-refractivity contribution in [1.82, 2.24) is 9.62 Å². The Kier molecular flexibility index (Phi) is 4.74. The fraction of sp³-hybridized carbons (Fsp3) is 0.462. The third kappa shape index (κ3) is 3.78. The highest BCUT2D eigenvalue weighted by atomic mass is 32.2. The Labute approximate surface area is 118 Å². The van der Waals surface area contributed by atoms with Gasteiger partial charge in [0.05, 0.1) is 18.0 Å². The molecule has 0 radical (unpaired) electrons. The predicted molar refractivity (Wildman–Crippen MR) is 73.5 cm³/mol. The third-order valence-electron chi connectivity index (χ3n) is 3.12. The van der Waals surface area contributed by atoms with Crippen LogP contribution in [0.1, 0.15) is 12.8 Å². The Bertz CT molecular complexity index is 555. The van der Waals surface area contributed by atoms with Gasteiger partial charge in [-0.05, 0) is 25.0 Å². The fourth-order valence-corrected chi connectivity index (χ4v) is 2.94. The van der Waals surface area contributed by atoms with Crippen LogP contribution in [0.15, 0.2) is 35.2 Å². The average Bonchev–Trinajstić information content (AvgIpc) is 3.28. The number of hydrogen-bond acceptors (Lipinski definition) is 4. The maximum atomic E-state index is 12.0. The van der Waals surface area contributed by atoms with Gasteiger partial charge < -0.3 is 10.0 Å². The lowest BCUT2D eigenvalue weighted by atomic mass is 10.4. The van der Waals surface area contributed by atoms with E-state index in [-0.39, 0.29) is 36.5 Å². The number of nitrogens with one attached hydrogen (secondary N) is 1. The van der Waals surface area contributed by atoms with Gasteiger partial charge in [0.1, 0.15) is 0 Å². The van der Waals surface area contributed by atoms with Crippen LogP contribution in [0.2, 0.25) is 0 Å². The van der Waals surface area contributed by atoms with Crippen molar-refractivity contribution in [2.45, 2.75) is 23.8 Å². The molecule has 2 N–H and O–H groups in total. The average molecular weight is 298 g/mol. The molecule has 1 aliphatic rings. The standard InChI is InChI=1S/C13H18N2O4S/c16-9-8-15(11-6-7-11)13(17)10-14-20(18,19)12-4-2-1-3-5-12/h1-5,11,14,16H,6-10H2. The van der Waals surface area contributed by atoms with E-state index in [1.807, 2.05) is 0 Å². The van der Waals surface area contributed by atoms with Crippen molar-refractivity contribution in [3.05, 3.63) is 30.3 Å². The smallest absolute Gasteiger partial charge is 0.241 e. The molecule has 1 aromatic rings.